The Kier molecular flexibility index (Phi) is 4.42. The van der Waals surface area contributed by atoms with E-state index in [-0.39, 0.29) is 11.6 Å². The van der Waals surface area contributed by atoms with Gasteiger partial charge in [-0.2, -0.15) is 0 Å². The van der Waals surface area contributed by atoms with Gasteiger partial charge >= 0.3 is 11.6 Å². The average Bonchev–Trinajstić information content (AvgIpc) is 3.07. The van der Waals surface area contributed by atoms with Crippen LogP contribution in [-0.4, -0.2) is 28.1 Å². The van der Waals surface area contributed by atoms with E-state index in [4.69, 9.17) is 4.74 Å². The van der Waals surface area contributed by atoms with Crippen molar-refractivity contribution in [2.24, 2.45) is 0 Å². The van der Waals surface area contributed by atoms with Crippen LogP contribution in [-0.2, 0) is 0 Å². The van der Waals surface area contributed by atoms with Gasteiger partial charge in [0.15, 0.2) is 0 Å². The molecule has 8 nitrogen and oxygen atoms in total. The zero-order valence-electron chi connectivity index (χ0n) is 13.2. The summed E-state index contributed by atoms with van der Waals surface area (Å²) in [4.78, 5) is 22.7. The topological polar surface area (TPSA) is 110 Å². The molecule has 3 aromatic rings. The molecular formula is C17H14N4O4. The predicted molar refractivity (Wildman–Crippen MR) is 91.6 cm³/mol. The highest BCUT2D eigenvalue weighted by atomic mass is 16.6. The van der Waals surface area contributed by atoms with E-state index < -0.39 is 16.5 Å². The Hall–Kier alpha value is -3.68. The summed E-state index contributed by atoms with van der Waals surface area (Å²) in [5.74, 6) is -0.912. The van der Waals surface area contributed by atoms with E-state index in [0.29, 0.717) is 5.69 Å². The van der Waals surface area contributed by atoms with Gasteiger partial charge in [-0.3, -0.25) is 20.0 Å². The molecule has 1 amide bonds. The molecule has 2 N–H and O–H groups in total. The van der Waals surface area contributed by atoms with E-state index >= 15 is 0 Å². The molecule has 1 aromatic heterocycles. The minimum absolute atomic E-state index is 0.241. The van der Waals surface area contributed by atoms with Gasteiger partial charge in [-0.05, 0) is 23.3 Å². The van der Waals surface area contributed by atoms with E-state index in [1.807, 2.05) is 42.5 Å². The van der Waals surface area contributed by atoms with Crippen LogP contribution in [0.25, 0.3) is 11.1 Å². The number of nitrogens with one attached hydrogen (secondary N) is 2. The number of hydrogen-bond donors (Lipinski definition) is 2. The molecule has 0 spiro atoms. The van der Waals surface area contributed by atoms with Crippen LogP contribution in [0, 0.1) is 10.1 Å². The first-order valence-corrected chi connectivity index (χ1v) is 7.33. The van der Waals surface area contributed by atoms with Crippen molar-refractivity contribution < 1.29 is 14.5 Å². The van der Waals surface area contributed by atoms with Crippen LogP contribution >= 0.6 is 0 Å². The van der Waals surface area contributed by atoms with Crippen LogP contribution in [0.4, 0.5) is 11.4 Å². The zero-order chi connectivity index (χ0) is 17.8. The van der Waals surface area contributed by atoms with Crippen LogP contribution < -0.4 is 10.1 Å². The van der Waals surface area contributed by atoms with Crippen LogP contribution in [0.3, 0.4) is 0 Å². The monoisotopic (exact) mass is 338 g/mol. The molecule has 0 bridgehead atoms. The quantitative estimate of drug-likeness (QED) is 0.548. The fourth-order valence-corrected chi connectivity index (χ4v) is 2.36. The van der Waals surface area contributed by atoms with Crippen molar-refractivity contribution in [2.45, 2.75) is 0 Å². The van der Waals surface area contributed by atoms with Crippen LogP contribution in [0.2, 0.25) is 0 Å². The number of rotatable bonds is 5. The van der Waals surface area contributed by atoms with Crippen molar-refractivity contribution in [3.05, 3.63) is 70.4 Å². The lowest BCUT2D eigenvalue weighted by Gasteiger charge is -2.06. The van der Waals surface area contributed by atoms with Crippen molar-refractivity contribution in [1.29, 1.82) is 0 Å². The molecule has 1 heterocycles. The van der Waals surface area contributed by atoms with Crippen LogP contribution in [0.5, 0.6) is 5.88 Å². The number of carbonyl (C=O) groups excluding carboxylic acids is 1. The summed E-state index contributed by atoms with van der Waals surface area (Å²) in [5, 5.41) is 19.7. The summed E-state index contributed by atoms with van der Waals surface area (Å²) >= 11 is 0. The lowest BCUT2D eigenvalue weighted by Crippen LogP contribution is -2.14. The first kappa shape index (κ1) is 16.2. The molecule has 0 saturated carbocycles. The minimum Gasteiger partial charge on any atom is -0.475 e. The largest absolute Gasteiger partial charge is 0.475 e. The summed E-state index contributed by atoms with van der Waals surface area (Å²) in [7, 11) is 1.24. The van der Waals surface area contributed by atoms with E-state index in [2.05, 4.69) is 15.5 Å². The third-order valence-electron chi connectivity index (χ3n) is 3.56. The number of hydrogen-bond acceptors (Lipinski definition) is 5. The normalized spacial score (nSPS) is 10.3. The number of nitrogens with zero attached hydrogens (tertiary/aromatic N) is 2. The molecule has 0 aliphatic carbocycles. The molecule has 0 aliphatic rings. The Labute approximate surface area is 142 Å². The molecule has 0 radical (unpaired) electrons. The third-order valence-corrected chi connectivity index (χ3v) is 3.56. The molecular weight excluding hydrogens is 324 g/mol. The molecule has 126 valence electrons. The SMILES string of the molecule is COc1n[nH]c(C(=O)Nc2ccc(-c3ccccc3)cc2)c1[N+](=O)[O-]. The molecule has 0 fully saturated rings. The van der Waals surface area contributed by atoms with Crippen molar-refractivity contribution in [3.8, 4) is 17.0 Å². The number of benzene rings is 2. The molecule has 25 heavy (non-hydrogen) atoms. The lowest BCUT2D eigenvalue weighted by molar-refractivity contribution is -0.386. The van der Waals surface area contributed by atoms with Crippen molar-refractivity contribution in [2.75, 3.05) is 12.4 Å². The second-order valence-electron chi connectivity index (χ2n) is 5.11. The predicted octanol–water partition coefficient (Wildman–Crippen LogP) is 3.25. The van der Waals surface area contributed by atoms with Gasteiger partial charge in [-0.15, -0.1) is 5.10 Å². The van der Waals surface area contributed by atoms with Gasteiger partial charge in [0.05, 0.1) is 12.0 Å². The summed E-state index contributed by atoms with van der Waals surface area (Å²) < 4.78 is 4.79. The van der Waals surface area contributed by atoms with Crippen LogP contribution in [0.15, 0.2) is 54.6 Å². The number of methoxy groups -OCH3 is 1. The number of H-pyrrole nitrogens is 1. The molecule has 0 unspecified atom stereocenters. The number of aromatic amines is 1. The first-order chi connectivity index (χ1) is 12.1. The van der Waals surface area contributed by atoms with Crippen LogP contribution in [0.1, 0.15) is 10.5 Å². The fourth-order valence-electron chi connectivity index (χ4n) is 2.36. The molecule has 0 saturated heterocycles. The maximum absolute atomic E-state index is 12.3. The van der Waals surface area contributed by atoms with E-state index in [0.717, 1.165) is 11.1 Å². The summed E-state index contributed by atoms with van der Waals surface area (Å²) in [6.45, 7) is 0. The van der Waals surface area contributed by atoms with Gasteiger partial charge in [0.25, 0.3) is 5.91 Å². The number of amides is 1. The maximum Gasteiger partial charge on any atom is 0.362 e. The molecule has 0 atom stereocenters. The Morgan fingerprint density at radius 2 is 1.76 bits per heavy atom. The van der Waals surface area contributed by atoms with Gasteiger partial charge in [0.1, 0.15) is 0 Å². The summed E-state index contributed by atoms with van der Waals surface area (Å²) in [6.07, 6.45) is 0. The van der Waals surface area contributed by atoms with Gasteiger partial charge < -0.3 is 10.1 Å². The summed E-state index contributed by atoms with van der Waals surface area (Å²) in [6, 6.07) is 16.9. The van der Waals surface area contributed by atoms with Crippen molar-refractivity contribution >= 4 is 17.3 Å². The standard InChI is InChI=1S/C17H14N4O4/c1-25-17-15(21(23)24)14(19-20-17)16(22)18-13-9-7-12(8-10-13)11-5-3-2-4-6-11/h2-10H,1H3,(H,18,22)(H,19,20). The third kappa shape index (κ3) is 3.32. The van der Waals surface area contributed by atoms with Crippen molar-refractivity contribution in [3.63, 3.8) is 0 Å². The fraction of sp³-hybridized carbons (Fsp3) is 0.0588. The zero-order valence-corrected chi connectivity index (χ0v) is 13.2. The molecule has 2 aromatic carbocycles. The Bertz CT molecular complexity index is 904. The summed E-state index contributed by atoms with van der Waals surface area (Å²) in [5.41, 5.74) is 1.78. The molecule has 8 heteroatoms. The minimum atomic E-state index is -0.713. The second kappa shape index (κ2) is 6.83. The Morgan fingerprint density at radius 1 is 1.12 bits per heavy atom. The number of carbonyl (C=O) groups is 1. The Balaban J connectivity index is 1.80. The number of anilines is 1. The van der Waals surface area contributed by atoms with E-state index in [9.17, 15) is 14.9 Å². The second-order valence-corrected chi connectivity index (χ2v) is 5.11. The van der Waals surface area contributed by atoms with Gasteiger partial charge in [0.2, 0.25) is 5.69 Å². The van der Waals surface area contributed by atoms with Gasteiger partial charge in [-0.1, -0.05) is 42.5 Å². The average molecular weight is 338 g/mol. The highest BCUT2D eigenvalue weighted by molar-refractivity contribution is 6.06. The highest BCUT2D eigenvalue weighted by Crippen LogP contribution is 2.28. The molecule has 0 aliphatic heterocycles. The number of ether oxygens (including phenoxy) is 1. The van der Waals surface area contributed by atoms with Gasteiger partial charge in [0, 0.05) is 5.69 Å². The maximum atomic E-state index is 12.3. The lowest BCUT2D eigenvalue weighted by atomic mass is 10.1. The van der Waals surface area contributed by atoms with E-state index in [1.54, 1.807) is 12.1 Å². The first-order valence-electron chi connectivity index (χ1n) is 7.33. The number of aromatic nitrogens is 2. The molecule has 3 rings (SSSR count). The highest BCUT2D eigenvalue weighted by Gasteiger charge is 2.30. The Morgan fingerprint density at radius 3 is 2.36 bits per heavy atom. The van der Waals surface area contributed by atoms with Crippen molar-refractivity contribution in [1.82, 2.24) is 10.2 Å². The van der Waals surface area contributed by atoms with E-state index in [1.165, 1.54) is 7.11 Å². The number of nitro groups is 1. The van der Waals surface area contributed by atoms with Gasteiger partial charge in [-0.25, -0.2) is 0 Å². The smallest absolute Gasteiger partial charge is 0.362 e.